The quantitative estimate of drug-likeness (QED) is 0.825. The second kappa shape index (κ2) is 7.19. The summed E-state index contributed by atoms with van der Waals surface area (Å²) in [4.78, 5) is 14.1. The van der Waals surface area contributed by atoms with Gasteiger partial charge in [-0.2, -0.15) is 0 Å². The molecule has 6 heteroatoms. The first-order valence-corrected chi connectivity index (χ1v) is 7.06. The number of ether oxygens (including phenoxy) is 1. The summed E-state index contributed by atoms with van der Waals surface area (Å²) < 4.78 is 4.94. The lowest BCUT2D eigenvalue weighted by Crippen LogP contribution is -2.38. The van der Waals surface area contributed by atoms with Gasteiger partial charge in [-0.05, 0) is 30.9 Å². The minimum Gasteiger partial charge on any atom is -0.383 e. The van der Waals surface area contributed by atoms with E-state index < -0.39 is 0 Å². The van der Waals surface area contributed by atoms with Crippen LogP contribution in [0.2, 0.25) is 0 Å². The van der Waals surface area contributed by atoms with Crippen LogP contribution in [0.5, 0.6) is 0 Å². The third kappa shape index (κ3) is 3.90. The highest BCUT2D eigenvalue weighted by atomic mass is 16.5. The molecule has 1 N–H and O–H groups in total. The molecule has 1 fully saturated rings. The van der Waals surface area contributed by atoms with E-state index in [-0.39, 0.29) is 5.91 Å². The number of nitrogens with zero attached hydrogens (tertiary/aromatic N) is 3. The first-order valence-electron chi connectivity index (χ1n) is 7.06. The normalized spacial score (nSPS) is 16.2. The van der Waals surface area contributed by atoms with Gasteiger partial charge in [0, 0.05) is 26.7 Å². The minimum atomic E-state index is -0.0205. The molecule has 0 atom stereocenters. The molecule has 0 aliphatic carbocycles. The van der Waals surface area contributed by atoms with Crippen LogP contribution in [0.1, 0.15) is 30.3 Å². The van der Waals surface area contributed by atoms with E-state index in [0.29, 0.717) is 30.6 Å². The van der Waals surface area contributed by atoms with Crippen molar-refractivity contribution in [1.82, 2.24) is 15.1 Å². The van der Waals surface area contributed by atoms with Crippen molar-refractivity contribution in [3.63, 3.8) is 0 Å². The van der Waals surface area contributed by atoms with Gasteiger partial charge in [-0.3, -0.25) is 4.79 Å². The maximum atomic E-state index is 12.3. The Morgan fingerprint density at radius 1 is 1.40 bits per heavy atom. The Labute approximate surface area is 119 Å². The maximum absolute atomic E-state index is 12.3. The van der Waals surface area contributed by atoms with Gasteiger partial charge in [0.2, 0.25) is 0 Å². The third-order valence-electron chi connectivity index (χ3n) is 3.57. The number of likely N-dealkylation sites (tertiary alicyclic amines) is 1. The Kier molecular flexibility index (Phi) is 5.29. The van der Waals surface area contributed by atoms with Crippen molar-refractivity contribution in [2.24, 2.45) is 5.92 Å². The fraction of sp³-hybridized carbons (Fsp3) is 0.643. The summed E-state index contributed by atoms with van der Waals surface area (Å²) in [6, 6.07) is 3.50. The molecule has 1 aliphatic rings. The van der Waals surface area contributed by atoms with Crippen LogP contribution in [-0.4, -0.2) is 54.4 Å². The number of rotatable bonds is 5. The van der Waals surface area contributed by atoms with E-state index in [0.717, 1.165) is 25.9 Å². The van der Waals surface area contributed by atoms with Gasteiger partial charge in [-0.25, -0.2) is 0 Å². The number of anilines is 1. The van der Waals surface area contributed by atoms with Gasteiger partial charge in [0.1, 0.15) is 5.82 Å². The second-order valence-electron chi connectivity index (χ2n) is 5.20. The van der Waals surface area contributed by atoms with E-state index in [1.807, 2.05) is 4.90 Å². The Morgan fingerprint density at radius 3 is 2.75 bits per heavy atom. The largest absolute Gasteiger partial charge is 0.383 e. The summed E-state index contributed by atoms with van der Waals surface area (Å²) in [7, 11) is 1.65. The average Bonchev–Trinajstić information content (AvgIpc) is 2.48. The summed E-state index contributed by atoms with van der Waals surface area (Å²) in [5.41, 5.74) is 0.414. The highest BCUT2D eigenvalue weighted by Crippen LogP contribution is 2.17. The molecule has 1 aromatic rings. The number of carbonyl (C=O) groups is 1. The molecule has 0 bridgehead atoms. The summed E-state index contributed by atoms with van der Waals surface area (Å²) in [5, 5.41) is 11.1. The highest BCUT2D eigenvalue weighted by molar-refractivity contribution is 5.92. The van der Waals surface area contributed by atoms with E-state index in [1.54, 1.807) is 19.2 Å². The summed E-state index contributed by atoms with van der Waals surface area (Å²) in [5.74, 6) is 1.34. The lowest BCUT2D eigenvalue weighted by Gasteiger charge is -2.29. The van der Waals surface area contributed by atoms with E-state index >= 15 is 0 Å². The van der Waals surface area contributed by atoms with Crippen molar-refractivity contribution < 1.29 is 9.53 Å². The van der Waals surface area contributed by atoms with E-state index in [9.17, 15) is 4.79 Å². The Bertz CT molecular complexity index is 427. The molecule has 1 aromatic heterocycles. The molecule has 0 spiro atoms. The van der Waals surface area contributed by atoms with Crippen molar-refractivity contribution in [2.75, 3.05) is 38.7 Å². The van der Waals surface area contributed by atoms with Crippen LogP contribution >= 0.6 is 0 Å². The number of nitrogens with one attached hydrogen (secondary N) is 1. The number of hydrogen-bond donors (Lipinski definition) is 1. The molecule has 2 rings (SSSR count). The zero-order valence-electron chi connectivity index (χ0n) is 12.1. The second-order valence-corrected chi connectivity index (χ2v) is 5.20. The molecule has 1 aliphatic heterocycles. The fourth-order valence-corrected chi connectivity index (χ4v) is 2.20. The number of carbonyl (C=O) groups excluding carboxylic acids is 1. The number of aromatic nitrogens is 2. The van der Waals surface area contributed by atoms with Gasteiger partial charge < -0.3 is 15.0 Å². The molecule has 1 amide bonds. The van der Waals surface area contributed by atoms with Crippen LogP contribution in [0, 0.1) is 5.92 Å². The van der Waals surface area contributed by atoms with Crippen LogP contribution in [-0.2, 0) is 4.74 Å². The number of amides is 1. The first kappa shape index (κ1) is 14.7. The number of hydrogen-bond acceptors (Lipinski definition) is 5. The monoisotopic (exact) mass is 278 g/mol. The standard InChI is InChI=1S/C14H22N4O2/c1-11-5-8-18(9-6-11)14(19)12-3-4-13(17-16-12)15-7-10-20-2/h3-4,11H,5-10H2,1-2H3,(H,15,17). The van der Waals surface area contributed by atoms with Crippen molar-refractivity contribution in [2.45, 2.75) is 19.8 Å². The smallest absolute Gasteiger partial charge is 0.274 e. The van der Waals surface area contributed by atoms with E-state index in [4.69, 9.17) is 4.74 Å². The third-order valence-corrected chi connectivity index (χ3v) is 3.57. The lowest BCUT2D eigenvalue weighted by molar-refractivity contribution is 0.0690. The van der Waals surface area contributed by atoms with Crippen LogP contribution in [0.4, 0.5) is 5.82 Å². The average molecular weight is 278 g/mol. The summed E-state index contributed by atoms with van der Waals surface area (Å²) in [6.45, 7) is 5.13. The molecule has 1 saturated heterocycles. The van der Waals surface area contributed by atoms with Crippen LogP contribution < -0.4 is 5.32 Å². The molecule has 2 heterocycles. The molecule has 6 nitrogen and oxygen atoms in total. The zero-order chi connectivity index (χ0) is 14.4. The van der Waals surface area contributed by atoms with Crippen LogP contribution in [0.15, 0.2) is 12.1 Å². The van der Waals surface area contributed by atoms with Crippen molar-refractivity contribution in [3.8, 4) is 0 Å². The topological polar surface area (TPSA) is 67.3 Å². The van der Waals surface area contributed by atoms with E-state index in [2.05, 4.69) is 22.4 Å². The predicted octanol–water partition coefficient (Wildman–Crippen LogP) is 1.41. The molecule has 0 radical (unpaired) electrons. The SMILES string of the molecule is COCCNc1ccc(C(=O)N2CCC(C)CC2)nn1. The van der Waals surface area contributed by atoms with Gasteiger partial charge in [0.05, 0.1) is 6.61 Å². The molecule has 20 heavy (non-hydrogen) atoms. The molecule has 0 unspecified atom stereocenters. The molecule has 0 aromatic carbocycles. The van der Waals surface area contributed by atoms with Gasteiger partial charge in [-0.15, -0.1) is 10.2 Å². The van der Waals surface area contributed by atoms with Crippen molar-refractivity contribution >= 4 is 11.7 Å². The van der Waals surface area contributed by atoms with Crippen LogP contribution in [0.3, 0.4) is 0 Å². The van der Waals surface area contributed by atoms with Crippen molar-refractivity contribution in [1.29, 1.82) is 0 Å². The minimum absolute atomic E-state index is 0.0205. The first-order chi connectivity index (χ1) is 9.70. The van der Waals surface area contributed by atoms with Gasteiger partial charge in [0.15, 0.2) is 5.69 Å². The van der Waals surface area contributed by atoms with E-state index in [1.165, 1.54) is 0 Å². The zero-order valence-corrected chi connectivity index (χ0v) is 12.1. The van der Waals surface area contributed by atoms with Crippen molar-refractivity contribution in [3.05, 3.63) is 17.8 Å². The van der Waals surface area contributed by atoms with Crippen LogP contribution in [0.25, 0.3) is 0 Å². The fourth-order valence-electron chi connectivity index (χ4n) is 2.20. The van der Waals surface area contributed by atoms with Gasteiger partial charge in [-0.1, -0.05) is 6.92 Å². The predicted molar refractivity (Wildman–Crippen MR) is 76.7 cm³/mol. The highest BCUT2D eigenvalue weighted by Gasteiger charge is 2.22. The Morgan fingerprint density at radius 2 is 2.15 bits per heavy atom. The Hall–Kier alpha value is -1.69. The molecular formula is C14H22N4O2. The van der Waals surface area contributed by atoms with Gasteiger partial charge in [0.25, 0.3) is 5.91 Å². The number of piperidine rings is 1. The molecule has 110 valence electrons. The lowest BCUT2D eigenvalue weighted by atomic mass is 9.99. The molecular weight excluding hydrogens is 256 g/mol. The van der Waals surface area contributed by atoms with Gasteiger partial charge >= 0.3 is 0 Å². The summed E-state index contributed by atoms with van der Waals surface area (Å²) in [6.07, 6.45) is 2.13. The maximum Gasteiger partial charge on any atom is 0.274 e. The Balaban J connectivity index is 1.90. The molecule has 0 saturated carbocycles. The number of methoxy groups -OCH3 is 1. The summed E-state index contributed by atoms with van der Waals surface area (Å²) >= 11 is 0.